The topological polar surface area (TPSA) is 80.5 Å². The average Bonchev–Trinajstić information content (AvgIpc) is 2.34. The second kappa shape index (κ2) is 6.27. The standard InChI is InChI=1S/C12H17FN2O4S/c1-4-7-14(9(2)3)20(18,19)10-5-6-12(15(16)17)11(13)8-10/h5-6,8-9H,4,7H2,1-3H3. The summed E-state index contributed by atoms with van der Waals surface area (Å²) in [5.74, 6) is -1.16. The molecule has 0 aliphatic carbocycles. The molecule has 20 heavy (non-hydrogen) atoms. The Labute approximate surface area is 117 Å². The molecule has 0 saturated heterocycles. The third kappa shape index (κ3) is 3.31. The summed E-state index contributed by atoms with van der Waals surface area (Å²) in [6.07, 6.45) is 0.618. The highest BCUT2D eigenvalue weighted by atomic mass is 32.2. The highest BCUT2D eigenvalue weighted by Gasteiger charge is 2.28. The van der Waals surface area contributed by atoms with E-state index in [1.165, 1.54) is 4.31 Å². The van der Waals surface area contributed by atoms with Crippen LogP contribution in [0.1, 0.15) is 27.2 Å². The molecule has 0 heterocycles. The molecular weight excluding hydrogens is 287 g/mol. The van der Waals surface area contributed by atoms with Crippen LogP contribution >= 0.6 is 0 Å². The fourth-order valence-corrected chi connectivity index (χ4v) is 3.55. The summed E-state index contributed by atoms with van der Waals surface area (Å²) in [7, 11) is -3.86. The molecule has 0 unspecified atom stereocenters. The fourth-order valence-electron chi connectivity index (χ4n) is 1.81. The van der Waals surface area contributed by atoms with Crippen molar-refractivity contribution in [3.8, 4) is 0 Å². The monoisotopic (exact) mass is 304 g/mol. The summed E-state index contributed by atoms with van der Waals surface area (Å²) in [6.45, 7) is 5.57. The van der Waals surface area contributed by atoms with E-state index < -0.39 is 26.5 Å². The molecule has 6 nitrogen and oxygen atoms in total. The molecule has 112 valence electrons. The first-order valence-corrected chi connectivity index (χ1v) is 7.61. The van der Waals surface area contributed by atoms with Crippen LogP contribution in [0.15, 0.2) is 23.1 Å². The zero-order valence-electron chi connectivity index (χ0n) is 11.5. The maximum Gasteiger partial charge on any atom is 0.304 e. The molecule has 0 amide bonds. The molecule has 8 heteroatoms. The molecule has 0 N–H and O–H groups in total. The second-order valence-electron chi connectivity index (χ2n) is 4.58. The van der Waals surface area contributed by atoms with Crippen molar-refractivity contribution in [2.75, 3.05) is 6.54 Å². The number of rotatable bonds is 6. The van der Waals surface area contributed by atoms with Gasteiger partial charge in [-0.15, -0.1) is 0 Å². The fraction of sp³-hybridized carbons (Fsp3) is 0.500. The van der Waals surface area contributed by atoms with Crippen LogP contribution in [0.5, 0.6) is 0 Å². The highest BCUT2D eigenvalue weighted by Crippen LogP contribution is 2.24. The lowest BCUT2D eigenvalue weighted by molar-refractivity contribution is -0.387. The van der Waals surface area contributed by atoms with Crippen LogP contribution in [-0.4, -0.2) is 30.2 Å². The van der Waals surface area contributed by atoms with Crippen LogP contribution in [0.25, 0.3) is 0 Å². The van der Waals surface area contributed by atoms with E-state index in [2.05, 4.69) is 0 Å². The van der Waals surface area contributed by atoms with E-state index in [1.54, 1.807) is 13.8 Å². The lowest BCUT2D eigenvalue weighted by Gasteiger charge is -2.25. The van der Waals surface area contributed by atoms with Crippen molar-refractivity contribution in [3.05, 3.63) is 34.1 Å². The molecule has 0 bridgehead atoms. The summed E-state index contributed by atoms with van der Waals surface area (Å²) in [5, 5.41) is 10.5. The Morgan fingerprint density at radius 3 is 2.40 bits per heavy atom. The second-order valence-corrected chi connectivity index (χ2v) is 6.47. The number of halogens is 1. The number of nitrogens with zero attached hydrogens (tertiary/aromatic N) is 2. The third-order valence-electron chi connectivity index (χ3n) is 2.74. The number of sulfonamides is 1. The highest BCUT2D eigenvalue weighted by molar-refractivity contribution is 7.89. The Balaban J connectivity index is 3.28. The summed E-state index contributed by atoms with van der Waals surface area (Å²) in [5.41, 5.74) is -0.740. The molecule has 1 aromatic rings. The molecule has 0 atom stereocenters. The minimum atomic E-state index is -3.86. The van der Waals surface area contributed by atoms with Crippen molar-refractivity contribution < 1.29 is 17.7 Å². The number of nitro benzene ring substituents is 1. The quantitative estimate of drug-likeness (QED) is 0.597. The molecule has 0 aliphatic heterocycles. The predicted octanol–water partition coefficient (Wildman–Crippen LogP) is 2.54. The number of benzene rings is 1. The zero-order valence-corrected chi connectivity index (χ0v) is 12.4. The van der Waals surface area contributed by atoms with Gasteiger partial charge in [0.2, 0.25) is 15.8 Å². The van der Waals surface area contributed by atoms with Crippen molar-refractivity contribution in [1.29, 1.82) is 0 Å². The Morgan fingerprint density at radius 1 is 1.40 bits per heavy atom. The number of nitro groups is 1. The van der Waals surface area contributed by atoms with Gasteiger partial charge in [-0.1, -0.05) is 6.92 Å². The lowest BCUT2D eigenvalue weighted by atomic mass is 10.3. The van der Waals surface area contributed by atoms with E-state index in [-0.39, 0.29) is 10.9 Å². The molecule has 1 aromatic carbocycles. The van der Waals surface area contributed by atoms with Gasteiger partial charge in [-0.2, -0.15) is 8.70 Å². The van der Waals surface area contributed by atoms with Crippen molar-refractivity contribution in [1.82, 2.24) is 4.31 Å². The summed E-state index contributed by atoms with van der Waals surface area (Å²) < 4.78 is 39.6. The minimum Gasteiger partial charge on any atom is -0.258 e. The maximum absolute atomic E-state index is 13.6. The van der Waals surface area contributed by atoms with Crippen molar-refractivity contribution in [2.24, 2.45) is 0 Å². The smallest absolute Gasteiger partial charge is 0.258 e. The SMILES string of the molecule is CCCN(C(C)C)S(=O)(=O)c1ccc([N+](=O)[O-])c(F)c1. The summed E-state index contributed by atoms with van der Waals surface area (Å²) in [4.78, 5) is 9.37. The van der Waals surface area contributed by atoms with Crippen LogP contribution in [0.3, 0.4) is 0 Å². The average molecular weight is 304 g/mol. The third-order valence-corrected chi connectivity index (χ3v) is 4.81. The number of hydrogen-bond donors (Lipinski definition) is 0. The van der Waals surface area contributed by atoms with Crippen LogP contribution in [0, 0.1) is 15.9 Å². The van der Waals surface area contributed by atoms with Gasteiger partial charge in [-0.3, -0.25) is 10.1 Å². The van der Waals surface area contributed by atoms with E-state index in [4.69, 9.17) is 0 Å². The summed E-state index contributed by atoms with van der Waals surface area (Å²) >= 11 is 0. The first-order valence-electron chi connectivity index (χ1n) is 6.17. The van der Waals surface area contributed by atoms with Crippen molar-refractivity contribution in [3.63, 3.8) is 0 Å². The van der Waals surface area contributed by atoms with Crippen LogP contribution in [0.2, 0.25) is 0 Å². The lowest BCUT2D eigenvalue weighted by Crippen LogP contribution is -2.37. The van der Waals surface area contributed by atoms with Gasteiger partial charge in [0, 0.05) is 24.7 Å². The molecular formula is C12H17FN2O4S. The van der Waals surface area contributed by atoms with Gasteiger partial charge in [0.1, 0.15) is 0 Å². The first kappa shape index (κ1) is 16.5. The van der Waals surface area contributed by atoms with Gasteiger partial charge in [-0.05, 0) is 26.3 Å². The molecule has 0 aliphatic rings. The molecule has 1 rings (SSSR count). The minimum absolute atomic E-state index is 0.275. The molecule has 0 fully saturated rings. The van der Waals surface area contributed by atoms with E-state index in [0.717, 1.165) is 12.1 Å². The van der Waals surface area contributed by atoms with Crippen LogP contribution < -0.4 is 0 Å². The Kier molecular flexibility index (Phi) is 5.18. The van der Waals surface area contributed by atoms with Crippen molar-refractivity contribution in [2.45, 2.75) is 38.1 Å². The van der Waals surface area contributed by atoms with Gasteiger partial charge in [0.25, 0.3) is 0 Å². The van der Waals surface area contributed by atoms with Crippen molar-refractivity contribution >= 4 is 15.7 Å². The molecule has 0 spiro atoms. The maximum atomic E-state index is 13.6. The Bertz CT molecular complexity index is 601. The van der Waals surface area contributed by atoms with E-state index >= 15 is 0 Å². The largest absolute Gasteiger partial charge is 0.304 e. The van der Waals surface area contributed by atoms with Gasteiger partial charge >= 0.3 is 5.69 Å². The van der Waals surface area contributed by atoms with Gasteiger partial charge in [0.15, 0.2) is 0 Å². The first-order chi connectivity index (χ1) is 9.21. The van der Waals surface area contributed by atoms with E-state index in [1.807, 2.05) is 6.92 Å². The van der Waals surface area contributed by atoms with E-state index in [0.29, 0.717) is 19.0 Å². The van der Waals surface area contributed by atoms with E-state index in [9.17, 15) is 22.9 Å². The molecule has 0 saturated carbocycles. The Hall–Kier alpha value is -1.54. The van der Waals surface area contributed by atoms with Gasteiger partial charge in [0.05, 0.1) is 9.82 Å². The molecule has 0 aromatic heterocycles. The molecule has 0 radical (unpaired) electrons. The Morgan fingerprint density at radius 2 is 2.00 bits per heavy atom. The van der Waals surface area contributed by atoms with Gasteiger partial charge in [-0.25, -0.2) is 8.42 Å². The van der Waals surface area contributed by atoms with Crippen LogP contribution in [-0.2, 0) is 10.0 Å². The predicted molar refractivity (Wildman–Crippen MR) is 72.4 cm³/mol. The summed E-state index contributed by atoms with van der Waals surface area (Å²) in [6, 6.07) is 2.34. The zero-order chi connectivity index (χ0) is 15.5. The van der Waals surface area contributed by atoms with Gasteiger partial charge < -0.3 is 0 Å². The number of hydrogen-bond acceptors (Lipinski definition) is 4. The van der Waals surface area contributed by atoms with Crippen LogP contribution in [0.4, 0.5) is 10.1 Å². The normalized spacial score (nSPS) is 12.1.